The summed E-state index contributed by atoms with van der Waals surface area (Å²) in [7, 11) is 2.08. The van der Waals surface area contributed by atoms with Crippen LogP contribution in [-0.4, -0.2) is 66.9 Å². The van der Waals surface area contributed by atoms with Crippen molar-refractivity contribution in [3.05, 3.63) is 33.8 Å². The van der Waals surface area contributed by atoms with Crippen LogP contribution >= 0.6 is 11.3 Å². The third-order valence-electron chi connectivity index (χ3n) is 6.94. The number of rotatable bonds is 9. The predicted octanol–water partition coefficient (Wildman–Crippen LogP) is 3.51. The molecule has 0 aromatic carbocycles. The first-order valence-electron chi connectivity index (χ1n) is 11.8. The second kappa shape index (κ2) is 10.0. The molecule has 34 heavy (non-hydrogen) atoms. The molecule has 2 aliphatic heterocycles. The molecule has 8 nitrogen and oxygen atoms in total. The number of quaternary nitrogens is 1. The average molecular weight is 485 g/mol. The fourth-order valence-corrected chi connectivity index (χ4v) is 5.37. The maximum atomic E-state index is 13.2. The van der Waals surface area contributed by atoms with Crippen LogP contribution in [0.15, 0.2) is 22.2 Å². The number of likely N-dealkylation sites (tertiary alicyclic amines) is 1. The zero-order chi connectivity index (χ0) is 24.3. The molecule has 10 heteroatoms. The summed E-state index contributed by atoms with van der Waals surface area (Å²) < 4.78 is 10.8. The van der Waals surface area contributed by atoms with Crippen molar-refractivity contribution in [2.24, 2.45) is 5.41 Å². The first-order chi connectivity index (χ1) is 16.1. The number of ketones is 1. The minimum absolute atomic E-state index is 0.0368. The first kappa shape index (κ1) is 24.7. The van der Waals surface area contributed by atoms with Crippen molar-refractivity contribution in [2.75, 3.05) is 31.5 Å². The number of carbonyl (C=O) groups excluding carboxylic acids is 3. The lowest BCUT2D eigenvalue weighted by Crippen LogP contribution is -2.59. The van der Waals surface area contributed by atoms with Gasteiger partial charge >= 0.3 is 5.97 Å². The Hall–Kier alpha value is -2.46. The number of amides is 1. The van der Waals surface area contributed by atoms with Crippen molar-refractivity contribution in [1.82, 2.24) is 5.16 Å². The highest BCUT2D eigenvalue weighted by atomic mass is 32.1. The summed E-state index contributed by atoms with van der Waals surface area (Å²) in [4.78, 5) is 39.2. The van der Waals surface area contributed by atoms with E-state index in [1.165, 1.54) is 17.6 Å². The minimum atomic E-state index is -0.391. The highest BCUT2D eigenvalue weighted by Gasteiger charge is 2.40. The SMILES string of the molecule is Cc1csc(C(=O)OC2C[B]C2)c1NC(=O)C[N+]1(CC(=O)Cc2ccon2)CCC(C)(C)CC1. The minimum Gasteiger partial charge on any atom is -0.460 e. The van der Waals surface area contributed by atoms with Crippen LogP contribution in [0.4, 0.5) is 5.69 Å². The molecule has 2 aromatic rings. The molecule has 1 amide bonds. The first-order valence-corrected chi connectivity index (χ1v) is 12.7. The van der Waals surface area contributed by atoms with E-state index in [0.717, 1.165) is 44.1 Å². The monoisotopic (exact) mass is 485 g/mol. The third kappa shape index (κ3) is 5.96. The van der Waals surface area contributed by atoms with Gasteiger partial charge in [0.15, 0.2) is 12.3 Å². The lowest BCUT2D eigenvalue weighted by atomic mass is 9.55. The van der Waals surface area contributed by atoms with E-state index in [9.17, 15) is 14.4 Å². The van der Waals surface area contributed by atoms with E-state index in [0.29, 0.717) is 20.7 Å². The van der Waals surface area contributed by atoms with Crippen LogP contribution < -0.4 is 5.32 Å². The number of nitrogens with one attached hydrogen (secondary N) is 1. The summed E-state index contributed by atoms with van der Waals surface area (Å²) in [6.07, 6.45) is 5.00. The molecule has 181 valence electrons. The zero-order valence-corrected chi connectivity index (χ0v) is 20.9. The number of anilines is 1. The Labute approximate surface area is 204 Å². The highest BCUT2D eigenvalue weighted by molar-refractivity contribution is 7.12. The summed E-state index contributed by atoms with van der Waals surface area (Å²) in [5, 5.41) is 8.67. The molecule has 1 radical (unpaired) electrons. The van der Waals surface area contributed by atoms with Gasteiger partial charge in [-0.15, -0.1) is 11.3 Å². The lowest BCUT2D eigenvalue weighted by molar-refractivity contribution is -0.919. The van der Waals surface area contributed by atoms with Crippen LogP contribution in [0.5, 0.6) is 0 Å². The number of piperidine rings is 1. The van der Waals surface area contributed by atoms with Crippen molar-refractivity contribution in [3.8, 4) is 0 Å². The number of thiophene rings is 1. The Morgan fingerprint density at radius 3 is 2.62 bits per heavy atom. The number of Topliss-reactive ketones (excluding diaryl/α,β-unsaturated/α-hetero) is 1. The van der Waals surface area contributed by atoms with E-state index in [1.807, 2.05) is 12.3 Å². The van der Waals surface area contributed by atoms with Crippen LogP contribution in [0.2, 0.25) is 12.6 Å². The maximum absolute atomic E-state index is 13.2. The van der Waals surface area contributed by atoms with Crippen LogP contribution in [-0.2, 0) is 20.7 Å². The van der Waals surface area contributed by atoms with Crippen LogP contribution in [0.25, 0.3) is 0 Å². The van der Waals surface area contributed by atoms with Crippen molar-refractivity contribution in [2.45, 2.75) is 58.8 Å². The Morgan fingerprint density at radius 1 is 1.26 bits per heavy atom. The van der Waals surface area contributed by atoms with Gasteiger partial charge < -0.3 is 19.1 Å². The molecule has 0 unspecified atom stereocenters. The summed E-state index contributed by atoms with van der Waals surface area (Å²) in [5.41, 5.74) is 2.14. The topological polar surface area (TPSA) is 98.5 Å². The van der Waals surface area contributed by atoms with E-state index in [-0.39, 0.29) is 42.7 Å². The molecule has 4 rings (SSSR count). The molecular weight excluding hydrogens is 453 g/mol. The second-order valence-electron chi connectivity index (χ2n) is 10.4. The fraction of sp³-hybridized carbons (Fsp3) is 0.583. The molecule has 2 aliphatic rings. The molecule has 1 N–H and O–H groups in total. The van der Waals surface area contributed by atoms with Gasteiger partial charge in [0.2, 0.25) is 0 Å². The zero-order valence-electron chi connectivity index (χ0n) is 20.1. The van der Waals surface area contributed by atoms with Crippen molar-refractivity contribution in [1.29, 1.82) is 0 Å². The largest absolute Gasteiger partial charge is 0.460 e. The fourth-order valence-electron chi connectivity index (χ4n) is 4.49. The van der Waals surface area contributed by atoms with Gasteiger partial charge in [-0.2, -0.15) is 0 Å². The number of carbonyl (C=O) groups is 3. The van der Waals surface area contributed by atoms with Gasteiger partial charge in [0, 0.05) is 18.9 Å². The van der Waals surface area contributed by atoms with Gasteiger partial charge in [-0.1, -0.05) is 19.0 Å². The quantitative estimate of drug-likeness (QED) is 0.332. The average Bonchev–Trinajstić information content (AvgIpc) is 3.37. The summed E-state index contributed by atoms with van der Waals surface area (Å²) in [6.45, 7) is 8.28. The number of ether oxygens (including phenoxy) is 1. The van der Waals surface area contributed by atoms with Gasteiger partial charge in [0.1, 0.15) is 25.0 Å². The predicted molar refractivity (Wildman–Crippen MR) is 130 cm³/mol. The second-order valence-corrected chi connectivity index (χ2v) is 11.3. The van der Waals surface area contributed by atoms with Gasteiger partial charge in [-0.05, 0) is 35.9 Å². The Morgan fingerprint density at radius 2 is 2.00 bits per heavy atom. The van der Waals surface area contributed by atoms with E-state index < -0.39 is 5.97 Å². The Bertz CT molecular complexity index is 1040. The number of esters is 1. The summed E-state index contributed by atoms with van der Waals surface area (Å²) in [6, 6.07) is 1.69. The number of aryl methyl sites for hydroxylation is 1. The molecule has 2 aromatic heterocycles. The van der Waals surface area contributed by atoms with E-state index in [1.54, 1.807) is 6.07 Å². The molecule has 2 saturated heterocycles. The molecule has 0 saturated carbocycles. The third-order valence-corrected chi connectivity index (χ3v) is 8.02. The number of hydrogen-bond acceptors (Lipinski definition) is 7. The summed E-state index contributed by atoms with van der Waals surface area (Å²) in [5.74, 6) is -0.547. The van der Waals surface area contributed by atoms with Gasteiger partial charge in [-0.3, -0.25) is 9.59 Å². The van der Waals surface area contributed by atoms with E-state index in [2.05, 4.69) is 31.6 Å². The van der Waals surface area contributed by atoms with Gasteiger partial charge in [0.05, 0.1) is 37.0 Å². The molecule has 0 spiro atoms. The molecule has 0 bridgehead atoms. The van der Waals surface area contributed by atoms with E-state index >= 15 is 0 Å². The van der Waals surface area contributed by atoms with Gasteiger partial charge in [-0.25, -0.2) is 4.79 Å². The normalized spacial score (nSPS) is 19.0. The van der Waals surface area contributed by atoms with Crippen LogP contribution in [0.3, 0.4) is 0 Å². The Balaban J connectivity index is 1.45. The van der Waals surface area contributed by atoms with E-state index in [4.69, 9.17) is 9.26 Å². The van der Waals surface area contributed by atoms with Crippen LogP contribution in [0, 0.1) is 12.3 Å². The molecule has 2 fully saturated rings. The van der Waals surface area contributed by atoms with Gasteiger partial charge in [0.25, 0.3) is 5.91 Å². The smallest absolute Gasteiger partial charge is 0.350 e. The van der Waals surface area contributed by atoms with Crippen molar-refractivity contribution in [3.63, 3.8) is 0 Å². The molecule has 0 atom stereocenters. The van der Waals surface area contributed by atoms with Crippen molar-refractivity contribution < 1.29 is 28.1 Å². The molecule has 4 heterocycles. The van der Waals surface area contributed by atoms with Crippen LogP contribution in [0.1, 0.15) is 47.6 Å². The highest BCUT2D eigenvalue weighted by Crippen LogP contribution is 2.34. The number of aromatic nitrogens is 1. The standard InChI is InChI=1S/C24H31BN3O5S/c1-16-15-34-22(23(31)33-19-11-25-12-19)21(16)26-20(30)14-28(7-5-24(2,3)6-8-28)13-18(29)10-17-4-9-32-27-17/h4,9,15,19H,5-8,10-14H2,1-3H3/p+1. The maximum Gasteiger partial charge on any atom is 0.350 e. The molecular formula is C24H32BN3O5S+. The number of hydrogen-bond donors (Lipinski definition) is 1. The molecule has 0 aliphatic carbocycles. The Kier molecular flexibility index (Phi) is 7.28. The lowest BCUT2D eigenvalue weighted by Gasteiger charge is -2.45. The number of nitrogens with zero attached hydrogens (tertiary/aromatic N) is 2. The summed E-state index contributed by atoms with van der Waals surface area (Å²) >= 11 is 1.29. The van der Waals surface area contributed by atoms with Crippen molar-refractivity contribution >= 4 is 42.0 Å².